The van der Waals surface area contributed by atoms with Crippen molar-refractivity contribution in [2.45, 2.75) is 32.3 Å². The highest BCUT2D eigenvalue weighted by molar-refractivity contribution is 14.0. The van der Waals surface area contributed by atoms with Gasteiger partial charge in [-0.25, -0.2) is 4.99 Å². The van der Waals surface area contributed by atoms with E-state index < -0.39 is 0 Å². The standard InChI is InChI=1S/C20H29N5O.HI/c1-4-21-20(22-12-16(2)26-19-8-6-5-7-9-19)25-11-10-17(15-25)18-13-23-24(3)14-18;/h5-9,13-14,16-17H,4,10-12,15H2,1-3H3,(H,21,22);1H. The summed E-state index contributed by atoms with van der Waals surface area (Å²) in [5.74, 6) is 2.38. The molecule has 2 aromatic rings. The van der Waals surface area contributed by atoms with E-state index in [1.54, 1.807) is 0 Å². The minimum atomic E-state index is 0. The Balaban J connectivity index is 0.00000261. The van der Waals surface area contributed by atoms with E-state index in [0.29, 0.717) is 12.5 Å². The van der Waals surface area contributed by atoms with Gasteiger partial charge in [-0.3, -0.25) is 4.68 Å². The van der Waals surface area contributed by atoms with Crippen LogP contribution >= 0.6 is 24.0 Å². The number of guanidine groups is 1. The van der Waals surface area contributed by atoms with Crippen molar-refractivity contribution in [2.75, 3.05) is 26.2 Å². The lowest BCUT2D eigenvalue weighted by atomic mass is 10.0. The smallest absolute Gasteiger partial charge is 0.194 e. The average molecular weight is 483 g/mol. The largest absolute Gasteiger partial charge is 0.489 e. The van der Waals surface area contributed by atoms with Crippen LogP contribution in [0.25, 0.3) is 0 Å². The van der Waals surface area contributed by atoms with E-state index >= 15 is 0 Å². The molecular formula is C20H30IN5O. The lowest BCUT2D eigenvalue weighted by Gasteiger charge is -2.22. The summed E-state index contributed by atoms with van der Waals surface area (Å²) in [6.07, 6.45) is 5.26. The quantitative estimate of drug-likeness (QED) is 0.390. The van der Waals surface area contributed by atoms with Crippen LogP contribution in [0.3, 0.4) is 0 Å². The highest BCUT2D eigenvalue weighted by atomic mass is 127. The van der Waals surface area contributed by atoms with Crippen molar-refractivity contribution in [2.24, 2.45) is 12.0 Å². The molecule has 1 aliphatic rings. The molecule has 2 unspecified atom stereocenters. The SMILES string of the molecule is CCNC(=NCC(C)Oc1ccccc1)N1CCC(c2cnn(C)c2)C1.I. The molecule has 1 aromatic heterocycles. The summed E-state index contributed by atoms with van der Waals surface area (Å²) < 4.78 is 7.81. The Morgan fingerprint density at radius 3 is 2.81 bits per heavy atom. The average Bonchev–Trinajstić information content (AvgIpc) is 3.28. The zero-order valence-electron chi connectivity index (χ0n) is 16.3. The van der Waals surface area contributed by atoms with Crippen molar-refractivity contribution < 1.29 is 4.74 Å². The van der Waals surface area contributed by atoms with Crippen molar-refractivity contribution in [3.05, 3.63) is 48.3 Å². The second-order valence-electron chi connectivity index (χ2n) is 6.82. The Labute approximate surface area is 179 Å². The molecule has 6 nitrogen and oxygen atoms in total. The van der Waals surface area contributed by atoms with Gasteiger partial charge in [0.2, 0.25) is 0 Å². The molecule has 1 aliphatic heterocycles. The molecule has 1 fully saturated rings. The van der Waals surface area contributed by atoms with E-state index in [9.17, 15) is 0 Å². The van der Waals surface area contributed by atoms with Crippen molar-refractivity contribution in [3.63, 3.8) is 0 Å². The number of likely N-dealkylation sites (tertiary alicyclic amines) is 1. The number of para-hydroxylation sites is 1. The number of aromatic nitrogens is 2. The third kappa shape index (κ3) is 6.12. The number of nitrogens with one attached hydrogen (secondary N) is 1. The topological polar surface area (TPSA) is 54.7 Å². The molecular weight excluding hydrogens is 453 g/mol. The van der Waals surface area contributed by atoms with E-state index in [0.717, 1.165) is 37.8 Å². The van der Waals surface area contributed by atoms with Gasteiger partial charge in [-0.05, 0) is 38.0 Å². The number of rotatable bonds is 6. The summed E-state index contributed by atoms with van der Waals surface area (Å²) in [6, 6.07) is 9.91. The molecule has 2 heterocycles. The highest BCUT2D eigenvalue weighted by Gasteiger charge is 2.27. The van der Waals surface area contributed by atoms with Crippen LogP contribution in [0.15, 0.2) is 47.7 Å². The number of benzene rings is 1. The van der Waals surface area contributed by atoms with E-state index in [2.05, 4.69) is 35.4 Å². The second-order valence-corrected chi connectivity index (χ2v) is 6.82. The summed E-state index contributed by atoms with van der Waals surface area (Å²) >= 11 is 0. The summed E-state index contributed by atoms with van der Waals surface area (Å²) in [5.41, 5.74) is 1.31. The molecule has 3 rings (SSSR count). The van der Waals surface area contributed by atoms with E-state index in [4.69, 9.17) is 9.73 Å². The number of nitrogens with zero attached hydrogens (tertiary/aromatic N) is 4. The minimum Gasteiger partial charge on any atom is -0.489 e. The number of halogens is 1. The van der Waals surface area contributed by atoms with Crippen LogP contribution in [0.4, 0.5) is 0 Å². The zero-order chi connectivity index (χ0) is 18.4. The zero-order valence-corrected chi connectivity index (χ0v) is 18.7. The fourth-order valence-electron chi connectivity index (χ4n) is 3.29. The molecule has 1 saturated heterocycles. The first-order chi connectivity index (χ1) is 12.7. The summed E-state index contributed by atoms with van der Waals surface area (Å²) in [7, 11) is 1.97. The van der Waals surface area contributed by atoms with E-state index in [-0.39, 0.29) is 30.1 Å². The maximum Gasteiger partial charge on any atom is 0.194 e. The first kappa shape index (κ1) is 21.5. The predicted octanol–water partition coefficient (Wildman–Crippen LogP) is 3.26. The Morgan fingerprint density at radius 1 is 1.37 bits per heavy atom. The predicted molar refractivity (Wildman–Crippen MR) is 120 cm³/mol. The molecule has 27 heavy (non-hydrogen) atoms. The number of ether oxygens (including phenoxy) is 1. The third-order valence-electron chi connectivity index (χ3n) is 4.60. The first-order valence-corrected chi connectivity index (χ1v) is 9.39. The number of aliphatic imine (C=N–C) groups is 1. The lowest BCUT2D eigenvalue weighted by Crippen LogP contribution is -2.40. The fraction of sp³-hybridized carbons (Fsp3) is 0.500. The molecule has 0 amide bonds. The molecule has 0 spiro atoms. The molecule has 0 aliphatic carbocycles. The van der Waals surface area contributed by atoms with Crippen LogP contribution in [0, 0.1) is 0 Å². The monoisotopic (exact) mass is 483 g/mol. The maximum absolute atomic E-state index is 5.93. The Kier molecular flexibility index (Phi) is 8.40. The molecule has 0 radical (unpaired) electrons. The van der Waals surface area contributed by atoms with Gasteiger partial charge in [-0.15, -0.1) is 24.0 Å². The van der Waals surface area contributed by atoms with Crippen molar-refractivity contribution >= 4 is 29.9 Å². The van der Waals surface area contributed by atoms with Crippen molar-refractivity contribution in [3.8, 4) is 5.75 Å². The Morgan fingerprint density at radius 2 is 2.15 bits per heavy atom. The molecule has 7 heteroatoms. The summed E-state index contributed by atoms with van der Waals surface area (Å²) in [5, 5.41) is 7.72. The molecule has 2 atom stereocenters. The third-order valence-corrected chi connectivity index (χ3v) is 4.60. The molecule has 0 saturated carbocycles. The normalized spacial score (nSPS) is 18.1. The van der Waals surface area contributed by atoms with Crippen LogP contribution in [0.1, 0.15) is 31.7 Å². The van der Waals surface area contributed by atoms with Gasteiger partial charge >= 0.3 is 0 Å². The summed E-state index contributed by atoms with van der Waals surface area (Å²) in [6.45, 7) is 7.65. The van der Waals surface area contributed by atoms with E-state index in [1.807, 2.05) is 48.3 Å². The molecule has 1 aromatic carbocycles. The molecule has 0 bridgehead atoms. The molecule has 1 N–H and O–H groups in total. The van der Waals surface area contributed by atoms with Crippen LogP contribution in [-0.2, 0) is 7.05 Å². The van der Waals surface area contributed by atoms with Gasteiger partial charge in [0.15, 0.2) is 5.96 Å². The van der Waals surface area contributed by atoms with Gasteiger partial charge in [0.1, 0.15) is 11.9 Å². The van der Waals surface area contributed by atoms with Gasteiger partial charge in [0.25, 0.3) is 0 Å². The second kappa shape index (κ2) is 10.5. The van der Waals surface area contributed by atoms with Gasteiger partial charge in [0.05, 0.1) is 12.7 Å². The lowest BCUT2D eigenvalue weighted by molar-refractivity contribution is 0.229. The van der Waals surface area contributed by atoms with Gasteiger partial charge in [-0.1, -0.05) is 18.2 Å². The van der Waals surface area contributed by atoms with Crippen molar-refractivity contribution in [1.82, 2.24) is 20.0 Å². The molecule has 148 valence electrons. The Bertz CT molecular complexity index is 718. The van der Waals surface area contributed by atoms with Gasteiger partial charge in [0, 0.05) is 38.8 Å². The maximum atomic E-state index is 5.93. The first-order valence-electron chi connectivity index (χ1n) is 9.39. The minimum absolute atomic E-state index is 0. The van der Waals surface area contributed by atoms with Crippen LogP contribution in [-0.4, -0.2) is 52.9 Å². The highest BCUT2D eigenvalue weighted by Crippen LogP contribution is 2.26. The van der Waals surface area contributed by atoms with Crippen molar-refractivity contribution in [1.29, 1.82) is 0 Å². The number of aryl methyl sites for hydroxylation is 1. The van der Waals surface area contributed by atoms with Crippen LogP contribution in [0.5, 0.6) is 5.75 Å². The number of hydrogen-bond acceptors (Lipinski definition) is 3. The van der Waals surface area contributed by atoms with Gasteiger partial charge in [-0.2, -0.15) is 5.10 Å². The fourth-order valence-corrected chi connectivity index (χ4v) is 3.29. The van der Waals surface area contributed by atoms with E-state index in [1.165, 1.54) is 5.56 Å². The Hall–Kier alpha value is -1.77. The van der Waals surface area contributed by atoms with Crippen LogP contribution in [0.2, 0.25) is 0 Å². The number of hydrogen-bond donors (Lipinski definition) is 1. The summed E-state index contributed by atoms with van der Waals surface area (Å²) in [4.78, 5) is 7.15. The van der Waals surface area contributed by atoms with Gasteiger partial charge < -0.3 is 15.0 Å². The van der Waals surface area contributed by atoms with Crippen LogP contribution < -0.4 is 10.1 Å².